The van der Waals surface area contributed by atoms with Gasteiger partial charge in [0.15, 0.2) is 5.96 Å². The standard InChI is InChI=1S/C22H33N7O.HI/c1-23-21(27(2)18-19-6-8-20(30-3)9-7-19)24-12-5-13-28-14-16-29(17-15-28)22-25-10-4-11-26-22;/h4,6-11H,5,12-18H2,1-3H3,(H,23,24);1H. The van der Waals surface area contributed by atoms with Gasteiger partial charge in [-0.2, -0.15) is 0 Å². The van der Waals surface area contributed by atoms with Gasteiger partial charge in [0.1, 0.15) is 5.75 Å². The first-order valence-electron chi connectivity index (χ1n) is 10.5. The van der Waals surface area contributed by atoms with Crippen molar-refractivity contribution in [1.29, 1.82) is 0 Å². The third-order valence-corrected chi connectivity index (χ3v) is 5.29. The molecule has 3 rings (SSSR count). The van der Waals surface area contributed by atoms with Crippen molar-refractivity contribution in [2.24, 2.45) is 4.99 Å². The molecule has 0 aliphatic carbocycles. The first-order valence-corrected chi connectivity index (χ1v) is 10.5. The highest BCUT2D eigenvalue weighted by atomic mass is 127. The van der Waals surface area contributed by atoms with Crippen LogP contribution in [0, 0.1) is 0 Å². The number of methoxy groups -OCH3 is 1. The van der Waals surface area contributed by atoms with E-state index in [-0.39, 0.29) is 24.0 Å². The van der Waals surface area contributed by atoms with Gasteiger partial charge >= 0.3 is 0 Å². The van der Waals surface area contributed by atoms with E-state index in [1.54, 1.807) is 19.5 Å². The normalized spacial score (nSPS) is 14.7. The van der Waals surface area contributed by atoms with Gasteiger partial charge in [0.25, 0.3) is 0 Å². The van der Waals surface area contributed by atoms with Crippen molar-refractivity contribution >= 4 is 35.9 Å². The molecule has 1 aliphatic heterocycles. The molecule has 1 fully saturated rings. The average Bonchev–Trinajstić information content (AvgIpc) is 2.80. The predicted octanol–water partition coefficient (Wildman–Crippen LogP) is 2.32. The summed E-state index contributed by atoms with van der Waals surface area (Å²) in [5, 5.41) is 3.48. The number of aliphatic imine (C=N–C) groups is 1. The summed E-state index contributed by atoms with van der Waals surface area (Å²) in [4.78, 5) is 20.0. The third kappa shape index (κ3) is 7.80. The highest BCUT2D eigenvalue weighted by Crippen LogP contribution is 2.13. The van der Waals surface area contributed by atoms with Crippen molar-refractivity contribution in [3.63, 3.8) is 0 Å². The van der Waals surface area contributed by atoms with Crippen LogP contribution in [-0.2, 0) is 6.54 Å². The average molecular weight is 539 g/mol. The fourth-order valence-electron chi connectivity index (χ4n) is 3.59. The molecular weight excluding hydrogens is 505 g/mol. The lowest BCUT2D eigenvalue weighted by Gasteiger charge is -2.34. The third-order valence-electron chi connectivity index (χ3n) is 5.29. The van der Waals surface area contributed by atoms with Crippen LogP contribution in [0.3, 0.4) is 0 Å². The summed E-state index contributed by atoms with van der Waals surface area (Å²) in [7, 11) is 5.58. The first-order chi connectivity index (χ1) is 14.7. The van der Waals surface area contributed by atoms with Crippen LogP contribution in [0.5, 0.6) is 5.75 Å². The molecular formula is C22H34IN7O. The molecule has 170 valence electrons. The molecule has 8 nitrogen and oxygen atoms in total. The minimum Gasteiger partial charge on any atom is -0.497 e. The van der Waals surface area contributed by atoms with Gasteiger partial charge in [0.05, 0.1) is 7.11 Å². The maximum atomic E-state index is 5.22. The Bertz CT molecular complexity index is 780. The fourth-order valence-corrected chi connectivity index (χ4v) is 3.59. The SMILES string of the molecule is CN=C(NCCCN1CCN(c2ncccn2)CC1)N(C)Cc1ccc(OC)cc1.I. The lowest BCUT2D eigenvalue weighted by Crippen LogP contribution is -2.47. The number of nitrogens with zero attached hydrogens (tertiary/aromatic N) is 6. The molecule has 1 aliphatic rings. The summed E-state index contributed by atoms with van der Waals surface area (Å²) in [5.74, 6) is 2.63. The quantitative estimate of drug-likeness (QED) is 0.239. The van der Waals surface area contributed by atoms with Crippen molar-refractivity contribution in [3.8, 4) is 5.75 Å². The first kappa shape index (κ1) is 25.1. The number of nitrogens with one attached hydrogen (secondary N) is 1. The minimum atomic E-state index is 0. The number of aromatic nitrogens is 2. The van der Waals surface area contributed by atoms with E-state index in [0.717, 1.165) is 69.9 Å². The Morgan fingerprint density at radius 1 is 1.13 bits per heavy atom. The Morgan fingerprint density at radius 2 is 1.81 bits per heavy atom. The number of piperazine rings is 1. The van der Waals surface area contributed by atoms with Crippen molar-refractivity contribution in [2.45, 2.75) is 13.0 Å². The van der Waals surface area contributed by atoms with E-state index < -0.39 is 0 Å². The number of anilines is 1. The molecule has 2 heterocycles. The molecule has 0 atom stereocenters. The molecule has 1 saturated heterocycles. The van der Waals surface area contributed by atoms with Crippen LogP contribution in [-0.4, -0.2) is 86.2 Å². The van der Waals surface area contributed by atoms with Gasteiger partial charge in [-0.05, 0) is 36.7 Å². The zero-order valence-corrected chi connectivity index (χ0v) is 21.0. The van der Waals surface area contributed by atoms with Crippen LogP contribution in [0.15, 0.2) is 47.7 Å². The van der Waals surface area contributed by atoms with Gasteiger partial charge in [-0.25, -0.2) is 9.97 Å². The Morgan fingerprint density at radius 3 is 2.42 bits per heavy atom. The lowest BCUT2D eigenvalue weighted by atomic mass is 10.2. The van der Waals surface area contributed by atoms with Crippen molar-refractivity contribution in [1.82, 2.24) is 25.1 Å². The van der Waals surface area contributed by atoms with Crippen molar-refractivity contribution < 1.29 is 4.74 Å². The van der Waals surface area contributed by atoms with E-state index in [2.05, 4.69) is 54.2 Å². The molecule has 1 aromatic carbocycles. The van der Waals surface area contributed by atoms with Crippen LogP contribution in [0.2, 0.25) is 0 Å². The topological polar surface area (TPSA) is 69.1 Å². The molecule has 1 aromatic heterocycles. The van der Waals surface area contributed by atoms with E-state index in [9.17, 15) is 0 Å². The number of rotatable bonds is 8. The molecule has 1 N–H and O–H groups in total. The van der Waals surface area contributed by atoms with Gasteiger partial charge < -0.3 is 19.9 Å². The predicted molar refractivity (Wildman–Crippen MR) is 137 cm³/mol. The molecule has 0 spiro atoms. The zero-order valence-electron chi connectivity index (χ0n) is 18.7. The summed E-state index contributed by atoms with van der Waals surface area (Å²) < 4.78 is 5.22. The minimum absolute atomic E-state index is 0. The summed E-state index contributed by atoms with van der Waals surface area (Å²) in [6.07, 6.45) is 4.69. The highest BCUT2D eigenvalue weighted by molar-refractivity contribution is 14.0. The summed E-state index contributed by atoms with van der Waals surface area (Å²) in [5.41, 5.74) is 1.22. The maximum absolute atomic E-state index is 5.22. The Labute approximate surface area is 202 Å². The maximum Gasteiger partial charge on any atom is 0.225 e. The molecule has 0 unspecified atom stereocenters. The number of halogens is 1. The number of ether oxygens (including phenoxy) is 1. The lowest BCUT2D eigenvalue weighted by molar-refractivity contribution is 0.254. The summed E-state index contributed by atoms with van der Waals surface area (Å²) >= 11 is 0. The van der Waals surface area contributed by atoms with Gasteiger partial charge in [-0.15, -0.1) is 24.0 Å². The van der Waals surface area contributed by atoms with E-state index in [4.69, 9.17) is 4.74 Å². The van der Waals surface area contributed by atoms with Crippen molar-refractivity contribution in [3.05, 3.63) is 48.3 Å². The van der Waals surface area contributed by atoms with Crippen molar-refractivity contribution in [2.75, 3.05) is 65.4 Å². The van der Waals surface area contributed by atoms with E-state index >= 15 is 0 Å². The molecule has 9 heteroatoms. The molecule has 0 radical (unpaired) electrons. The van der Waals surface area contributed by atoms with Gasteiger partial charge in [-0.1, -0.05) is 12.1 Å². The number of guanidine groups is 1. The van der Waals surface area contributed by atoms with Crippen LogP contribution in [0.4, 0.5) is 5.95 Å². The molecule has 0 bridgehead atoms. The molecule has 31 heavy (non-hydrogen) atoms. The smallest absolute Gasteiger partial charge is 0.225 e. The largest absolute Gasteiger partial charge is 0.497 e. The molecule has 0 amide bonds. The van der Waals surface area contributed by atoms with Gasteiger partial charge in [0.2, 0.25) is 5.95 Å². The van der Waals surface area contributed by atoms with E-state index in [1.807, 2.05) is 25.2 Å². The number of hydrogen-bond acceptors (Lipinski definition) is 6. The fraction of sp³-hybridized carbons (Fsp3) is 0.500. The van der Waals surface area contributed by atoms with Gasteiger partial charge in [0, 0.05) is 65.8 Å². The Hall–Kier alpha value is -2.14. The number of hydrogen-bond donors (Lipinski definition) is 1. The molecule has 0 saturated carbocycles. The van der Waals surface area contributed by atoms with Crippen LogP contribution in [0.1, 0.15) is 12.0 Å². The Kier molecular flexibility index (Phi) is 10.8. The van der Waals surface area contributed by atoms with Crippen LogP contribution < -0.4 is 15.0 Å². The highest BCUT2D eigenvalue weighted by Gasteiger charge is 2.18. The second kappa shape index (κ2) is 13.3. The Balaban J connectivity index is 0.00000341. The zero-order chi connectivity index (χ0) is 21.2. The van der Waals surface area contributed by atoms with E-state index in [0.29, 0.717) is 0 Å². The second-order valence-corrected chi connectivity index (χ2v) is 7.41. The summed E-state index contributed by atoms with van der Waals surface area (Å²) in [6.45, 7) is 6.83. The van der Waals surface area contributed by atoms with Crippen LogP contribution >= 0.6 is 24.0 Å². The van der Waals surface area contributed by atoms with E-state index in [1.165, 1.54) is 5.56 Å². The summed E-state index contributed by atoms with van der Waals surface area (Å²) in [6, 6.07) is 10.0. The number of benzene rings is 1. The molecule has 2 aromatic rings. The van der Waals surface area contributed by atoms with Crippen LogP contribution in [0.25, 0.3) is 0 Å². The monoisotopic (exact) mass is 539 g/mol. The van der Waals surface area contributed by atoms with Gasteiger partial charge in [-0.3, -0.25) is 9.89 Å². The second-order valence-electron chi connectivity index (χ2n) is 7.41.